The molecular formula is C27H33NO4S. The highest BCUT2D eigenvalue weighted by Gasteiger charge is 2.33. The van der Waals surface area contributed by atoms with E-state index in [1.807, 2.05) is 24.3 Å². The molecule has 33 heavy (non-hydrogen) atoms. The molecule has 176 valence electrons. The molecule has 0 bridgehead atoms. The first-order valence-electron chi connectivity index (χ1n) is 11.9. The van der Waals surface area contributed by atoms with E-state index in [0.29, 0.717) is 24.3 Å². The van der Waals surface area contributed by atoms with Crippen LogP contribution in [0.1, 0.15) is 46.5 Å². The van der Waals surface area contributed by atoms with Crippen molar-refractivity contribution < 1.29 is 19.1 Å². The molecule has 2 aromatic rings. The van der Waals surface area contributed by atoms with Crippen molar-refractivity contribution in [2.24, 2.45) is 17.8 Å². The summed E-state index contributed by atoms with van der Waals surface area (Å²) in [6, 6.07) is 16.4. The first-order chi connectivity index (χ1) is 15.9. The monoisotopic (exact) mass is 467 g/mol. The minimum absolute atomic E-state index is 0.0844. The van der Waals surface area contributed by atoms with Crippen LogP contribution >= 0.6 is 11.8 Å². The molecule has 0 radical (unpaired) electrons. The Morgan fingerprint density at radius 2 is 1.64 bits per heavy atom. The molecule has 1 saturated carbocycles. The Morgan fingerprint density at radius 1 is 1.00 bits per heavy atom. The number of hydrogen-bond acceptors (Lipinski definition) is 6. The van der Waals surface area contributed by atoms with Gasteiger partial charge in [-0.1, -0.05) is 63.2 Å². The molecule has 1 aliphatic carbocycles. The summed E-state index contributed by atoms with van der Waals surface area (Å²) in [5, 5.41) is 0. The van der Waals surface area contributed by atoms with Gasteiger partial charge in [0.2, 0.25) is 0 Å². The fourth-order valence-electron chi connectivity index (χ4n) is 4.89. The van der Waals surface area contributed by atoms with Gasteiger partial charge in [-0.05, 0) is 54.9 Å². The van der Waals surface area contributed by atoms with Crippen LogP contribution in [0.3, 0.4) is 0 Å². The Labute approximate surface area is 200 Å². The largest absolute Gasteiger partial charge is 0.460 e. The average molecular weight is 468 g/mol. The Balaban J connectivity index is 1.31. The van der Waals surface area contributed by atoms with E-state index < -0.39 is 11.9 Å². The van der Waals surface area contributed by atoms with E-state index in [1.165, 1.54) is 6.42 Å². The fourth-order valence-corrected chi connectivity index (χ4v) is 5.99. The molecule has 0 N–H and O–H groups in total. The standard InChI is InChI=1S/C27H33NO4S/c1-18(2)20-13-12-19(3)16-23(20)32-27(30)17-31-26(29)14-15-28-21-8-4-6-10-24(21)33-25-11-7-5-9-22(25)28/h4-11,18-20,23H,12-17H2,1-3H3/t19-,20-,23+/m0/s1. The van der Waals surface area contributed by atoms with Gasteiger partial charge in [-0.25, -0.2) is 4.79 Å². The lowest BCUT2D eigenvalue weighted by molar-refractivity contribution is -0.167. The summed E-state index contributed by atoms with van der Waals surface area (Å²) in [4.78, 5) is 29.4. The van der Waals surface area contributed by atoms with Gasteiger partial charge in [0.1, 0.15) is 6.10 Å². The number of carbonyl (C=O) groups is 2. The maximum absolute atomic E-state index is 12.5. The molecule has 0 saturated heterocycles. The number of rotatable bonds is 7. The van der Waals surface area contributed by atoms with Crippen LogP contribution in [0, 0.1) is 17.8 Å². The second-order valence-electron chi connectivity index (χ2n) is 9.45. The van der Waals surface area contributed by atoms with Gasteiger partial charge < -0.3 is 14.4 Å². The van der Waals surface area contributed by atoms with Gasteiger partial charge in [-0.2, -0.15) is 0 Å². The maximum Gasteiger partial charge on any atom is 0.344 e. The Kier molecular flexibility index (Phi) is 7.63. The molecule has 0 spiro atoms. The van der Waals surface area contributed by atoms with Crippen molar-refractivity contribution in [2.45, 2.75) is 62.3 Å². The summed E-state index contributed by atoms with van der Waals surface area (Å²) in [7, 11) is 0. The molecule has 6 heteroatoms. The van der Waals surface area contributed by atoms with Gasteiger partial charge >= 0.3 is 11.9 Å². The Bertz CT molecular complexity index is 946. The van der Waals surface area contributed by atoms with Gasteiger partial charge in [0.25, 0.3) is 0 Å². The van der Waals surface area contributed by atoms with E-state index in [2.05, 4.69) is 49.9 Å². The number of anilines is 2. The highest BCUT2D eigenvalue weighted by Crippen LogP contribution is 2.47. The van der Waals surface area contributed by atoms with Gasteiger partial charge in [-0.15, -0.1) is 0 Å². The number of nitrogens with zero attached hydrogens (tertiary/aromatic N) is 1. The predicted molar refractivity (Wildman–Crippen MR) is 131 cm³/mol. The van der Waals surface area contributed by atoms with E-state index in [4.69, 9.17) is 9.47 Å². The summed E-state index contributed by atoms with van der Waals surface area (Å²) in [5.41, 5.74) is 2.17. The molecule has 0 aromatic heterocycles. The third kappa shape index (κ3) is 5.72. The maximum atomic E-state index is 12.5. The average Bonchev–Trinajstić information content (AvgIpc) is 2.80. The number of para-hydroxylation sites is 2. The van der Waals surface area contributed by atoms with Crippen LogP contribution in [-0.4, -0.2) is 31.2 Å². The summed E-state index contributed by atoms with van der Waals surface area (Å²) in [6.07, 6.45) is 3.24. The van der Waals surface area contributed by atoms with E-state index in [0.717, 1.165) is 34.0 Å². The second kappa shape index (κ2) is 10.6. The highest BCUT2D eigenvalue weighted by molar-refractivity contribution is 7.99. The van der Waals surface area contributed by atoms with Gasteiger partial charge in [0.15, 0.2) is 6.61 Å². The third-order valence-electron chi connectivity index (χ3n) is 6.67. The van der Waals surface area contributed by atoms with Crippen molar-refractivity contribution in [1.82, 2.24) is 0 Å². The van der Waals surface area contributed by atoms with Crippen LogP contribution in [0.4, 0.5) is 11.4 Å². The molecule has 0 amide bonds. The lowest BCUT2D eigenvalue weighted by Crippen LogP contribution is -2.37. The number of carbonyl (C=O) groups excluding carboxylic acids is 2. The molecule has 4 rings (SSSR count). The van der Waals surface area contributed by atoms with Gasteiger partial charge in [0, 0.05) is 16.3 Å². The predicted octanol–water partition coefficient (Wildman–Crippen LogP) is 6.23. The quantitative estimate of drug-likeness (QED) is 0.450. The molecule has 1 aliphatic heterocycles. The molecule has 3 atom stereocenters. The normalized spacial score (nSPS) is 21.8. The van der Waals surface area contributed by atoms with E-state index in [9.17, 15) is 9.59 Å². The van der Waals surface area contributed by atoms with Crippen molar-refractivity contribution in [3.63, 3.8) is 0 Å². The molecule has 2 aromatic carbocycles. The lowest BCUT2D eigenvalue weighted by atomic mass is 9.75. The number of benzene rings is 2. The van der Waals surface area contributed by atoms with Gasteiger partial charge in [0.05, 0.1) is 17.8 Å². The smallest absolute Gasteiger partial charge is 0.344 e. The van der Waals surface area contributed by atoms with E-state index >= 15 is 0 Å². The SMILES string of the molecule is CC(C)[C@@H]1CC[C@H](C)C[C@H]1OC(=O)COC(=O)CCN1c2ccccc2Sc2ccccc21. The van der Waals surface area contributed by atoms with Crippen molar-refractivity contribution in [1.29, 1.82) is 0 Å². The number of hydrogen-bond donors (Lipinski definition) is 0. The zero-order chi connectivity index (χ0) is 23.4. The van der Waals surface area contributed by atoms with E-state index in [1.54, 1.807) is 11.8 Å². The first-order valence-corrected chi connectivity index (χ1v) is 12.7. The lowest BCUT2D eigenvalue weighted by Gasteiger charge is -2.36. The number of fused-ring (bicyclic) bond motifs is 2. The summed E-state index contributed by atoms with van der Waals surface area (Å²) < 4.78 is 11.0. The number of esters is 2. The molecule has 1 fully saturated rings. The topological polar surface area (TPSA) is 55.8 Å². The highest BCUT2D eigenvalue weighted by atomic mass is 32.2. The van der Waals surface area contributed by atoms with Crippen LogP contribution in [0.5, 0.6) is 0 Å². The Morgan fingerprint density at radius 3 is 2.27 bits per heavy atom. The van der Waals surface area contributed by atoms with Crippen LogP contribution in [0.15, 0.2) is 58.3 Å². The molecule has 0 unspecified atom stereocenters. The van der Waals surface area contributed by atoms with Crippen molar-refractivity contribution in [2.75, 3.05) is 18.1 Å². The first kappa shape index (κ1) is 23.7. The van der Waals surface area contributed by atoms with Crippen molar-refractivity contribution >= 4 is 35.1 Å². The molecular weight excluding hydrogens is 434 g/mol. The van der Waals surface area contributed by atoms with Crippen molar-refractivity contribution in [3.05, 3.63) is 48.5 Å². The number of ether oxygens (including phenoxy) is 2. The summed E-state index contributed by atoms with van der Waals surface area (Å²) in [5.74, 6) is 0.550. The van der Waals surface area contributed by atoms with Gasteiger partial charge in [-0.3, -0.25) is 4.79 Å². The second-order valence-corrected chi connectivity index (χ2v) is 10.5. The summed E-state index contributed by atoms with van der Waals surface area (Å²) >= 11 is 1.73. The van der Waals surface area contributed by atoms with Crippen LogP contribution in [0.2, 0.25) is 0 Å². The van der Waals surface area contributed by atoms with Crippen molar-refractivity contribution in [3.8, 4) is 0 Å². The van der Waals surface area contributed by atoms with Crippen LogP contribution in [-0.2, 0) is 19.1 Å². The zero-order valence-corrected chi connectivity index (χ0v) is 20.5. The molecule has 2 aliphatic rings. The minimum Gasteiger partial charge on any atom is -0.460 e. The third-order valence-corrected chi connectivity index (χ3v) is 7.80. The summed E-state index contributed by atoms with van der Waals surface area (Å²) in [6.45, 7) is 6.72. The Hall–Kier alpha value is -2.47. The van der Waals surface area contributed by atoms with Crippen LogP contribution < -0.4 is 4.90 Å². The van der Waals surface area contributed by atoms with Crippen LogP contribution in [0.25, 0.3) is 0 Å². The minimum atomic E-state index is -0.446. The zero-order valence-electron chi connectivity index (χ0n) is 19.7. The van der Waals surface area contributed by atoms with E-state index in [-0.39, 0.29) is 19.1 Å². The fraction of sp³-hybridized carbons (Fsp3) is 0.481. The molecule has 1 heterocycles. The molecule has 5 nitrogen and oxygen atoms in total.